The van der Waals surface area contributed by atoms with Gasteiger partial charge in [0.15, 0.2) is 0 Å². The Hall–Kier alpha value is -1.85. The Morgan fingerprint density at radius 3 is 2.79 bits per heavy atom. The Bertz CT molecular complexity index is 670. The van der Waals surface area contributed by atoms with Gasteiger partial charge in [0.05, 0.1) is 6.33 Å². The van der Waals surface area contributed by atoms with Crippen molar-refractivity contribution in [2.45, 2.75) is 6.54 Å². The molecular weight excluding hydrogens is 289 g/mol. The molecule has 1 N–H and O–H groups in total. The number of hydrogen-bond donors (Lipinski definition) is 1. The van der Waals surface area contributed by atoms with Crippen LogP contribution in [0.25, 0.3) is 0 Å². The second-order valence-electron chi connectivity index (χ2n) is 3.74. The van der Waals surface area contributed by atoms with Gasteiger partial charge in [-0.1, -0.05) is 29.3 Å². The molecule has 0 fully saturated rings. The van der Waals surface area contributed by atoms with Gasteiger partial charge in [0.1, 0.15) is 11.7 Å². The largest absolute Gasteiger partial charge is 0.324 e. The molecule has 98 valence electrons. The normalized spacial score (nSPS) is 10.2. The number of nitrogens with one attached hydrogen (secondary N) is 1. The smallest absolute Gasteiger partial charge is 0.255 e. The lowest BCUT2D eigenvalue weighted by molar-refractivity contribution is -0.116. The van der Waals surface area contributed by atoms with E-state index in [4.69, 9.17) is 23.2 Å². The van der Waals surface area contributed by atoms with Crippen LogP contribution in [0.15, 0.2) is 41.5 Å². The summed E-state index contributed by atoms with van der Waals surface area (Å²) < 4.78 is 1.16. The van der Waals surface area contributed by atoms with Crippen molar-refractivity contribution < 1.29 is 4.79 Å². The van der Waals surface area contributed by atoms with Crippen molar-refractivity contribution in [3.05, 3.63) is 57.2 Å². The topological polar surface area (TPSA) is 64.0 Å². The van der Waals surface area contributed by atoms with Crippen molar-refractivity contribution in [1.29, 1.82) is 0 Å². The molecule has 2 rings (SSSR count). The van der Waals surface area contributed by atoms with Crippen LogP contribution in [0.4, 0.5) is 5.69 Å². The third kappa shape index (κ3) is 3.81. The SMILES string of the molecule is O=C(Cn1cnc(Cl)cc1=O)Nc1cccc(Cl)c1. The summed E-state index contributed by atoms with van der Waals surface area (Å²) in [5, 5.41) is 3.24. The second kappa shape index (κ2) is 5.86. The first kappa shape index (κ1) is 13.6. The van der Waals surface area contributed by atoms with Crippen LogP contribution in [0.1, 0.15) is 0 Å². The van der Waals surface area contributed by atoms with Crippen molar-refractivity contribution in [2.75, 3.05) is 5.32 Å². The van der Waals surface area contributed by atoms with Crippen LogP contribution in [0.3, 0.4) is 0 Å². The molecule has 0 bridgehead atoms. The van der Waals surface area contributed by atoms with E-state index in [1.54, 1.807) is 24.3 Å². The quantitative estimate of drug-likeness (QED) is 0.883. The van der Waals surface area contributed by atoms with Gasteiger partial charge in [0.25, 0.3) is 5.56 Å². The van der Waals surface area contributed by atoms with Crippen LogP contribution in [0.5, 0.6) is 0 Å². The maximum atomic E-state index is 11.8. The number of carbonyl (C=O) groups excluding carboxylic acids is 1. The molecule has 0 aliphatic heterocycles. The first-order chi connectivity index (χ1) is 9.04. The van der Waals surface area contributed by atoms with E-state index in [0.717, 1.165) is 10.6 Å². The molecule has 0 aliphatic rings. The number of halogens is 2. The third-order valence-corrected chi connectivity index (χ3v) is 2.71. The molecule has 5 nitrogen and oxygen atoms in total. The number of anilines is 1. The van der Waals surface area contributed by atoms with Crippen LogP contribution in [0.2, 0.25) is 10.2 Å². The van der Waals surface area contributed by atoms with E-state index in [1.807, 2.05) is 0 Å². The number of rotatable bonds is 3. The summed E-state index contributed by atoms with van der Waals surface area (Å²) in [5.74, 6) is -0.353. The molecule has 0 aliphatic carbocycles. The summed E-state index contributed by atoms with van der Waals surface area (Å²) in [4.78, 5) is 27.0. The maximum absolute atomic E-state index is 11.8. The molecule has 0 unspecified atom stereocenters. The fourth-order valence-electron chi connectivity index (χ4n) is 1.44. The molecule has 1 aromatic heterocycles. The molecule has 7 heteroatoms. The van der Waals surface area contributed by atoms with Gasteiger partial charge in [-0.15, -0.1) is 0 Å². The first-order valence-electron chi connectivity index (χ1n) is 5.32. The van der Waals surface area contributed by atoms with Crippen molar-refractivity contribution in [3.8, 4) is 0 Å². The Morgan fingerprint density at radius 1 is 1.32 bits per heavy atom. The highest BCUT2D eigenvalue weighted by Gasteiger charge is 2.06. The average molecular weight is 298 g/mol. The fraction of sp³-hybridized carbons (Fsp3) is 0.0833. The number of amides is 1. The highest BCUT2D eigenvalue weighted by atomic mass is 35.5. The first-order valence-corrected chi connectivity index (χ1v) is 6.07. The third-order valence-electron chi connectivity index (χ3n) is 2.27. The highest BCUT2D eigenvalue weighted by molar-refractivity contribution is 6.31. The van der Waals surface area contributed by atoms with E-state index in [-0.39, 0.29) is 23.2 Å². The Balaban J connectivity index is 2.07. The minimum absolute atomic E-state index is 0.0940. The number of aromatic nitrogens is 2. The molecule has 1 aromatic carbocycles. The lowest BCUT2D eigenvalue weighted by Crippen LogP contribution is -2.27. The zero-order valence-corrected chi connectivity index (χ0v) is 11.1. The minimum Gasteiger partial charge on any atom is -0.324 e. The van der Waals surface area contributed by atoms with Crippen molar-refractivity contribution in [1.82, 2.24) is 9.55 Å². The maximum Gasteiger partial charge on any atom is 0.255 e. The summed E-state index contributed by atoms with van der Waals surface area (Å²) in [6.07, 6.45) is 1.22. The van der Waals surface area contributed by atoms with E-state index >= 15 is 0 Å². The summed E-state index contributed by atoms with van der Waals surface area (Å²) in [7, 11) is 0. The molecule has 0 radical (unpaired) electrons. The molecule has 19 heavy (non-hydrogen) atoms. The van der Waals surface area contributed by atoms with Crippen LogP contribution in [0, 0.1) is 0 Å². The number of benzene rings is 1. The van der Waals surface area contributed by atoms with E-state index in [9.17, 15) is 9.59 Å². The van der Waals surface area contributed by atoms with Gasteiger partial charge in [-0.25, -0.2) is 4.98 Å². The lowest BCUT2D eigenvalue weighted by Gasteiger charge is -2.07. The lowest BCUT2D eigenvalue weighted by atomic mass is 10.3. The average Bonchev–Trinajstić information content (AvgIpc) is 2.33. The molecule has 0 atom stereocenters. The molecule has 0 spiro atoms. The Labute approximate surface area is 118 Å². The van der Waals surface area contributed by atoms with E-state index < -0.39 is 0 Å². The van der Waals surface area contributed by atoms with Crippen LogP contribution >= 0.6 is 23.2 Å². The van der Waals surface area contributed by atoms with Gasteiger partial charge in [0, 0.05) is 16.8 Å². The zero-order valence-electron chi connectivity index (χ0n) is 9.64. The van der Waals surface area contributed by atoms with Gasteiger partial charge in [-0.3, -0.25) is 14.2 Å². The molecular formula is C12H9Cl2N3O2. The number of nitrogens with zero attached hydrogens (tertiary/aromatic N) is 2. The Kier molecular flexibility index (Phi) is 4.19. The van der Waals surface area contributed by atoms with Gasteiger partial charge < -0.3 is 5.32 Å². The van der Waals surface area contributed by atoms with Crippen molar-refractivity contribution in [2.24, 2.45) is 0 Å². The Morgan fingerprint density at radius 2 is 2.11 bits per heavy atom. The molecule has 0 saturated heterocycles. The van der Waals surface area contributed by atoms with Gasteiger partial charge in [0.2, 0.25) is 5.91 Å². The molecule has 1 heterocycles. The standard InChI is InChI=1S/C12H9Cl2N3O2/c13-8-2-1-3-9(4-8)16-11(18)6-17-7-15-10(14)5-12(17)19/h1-5,7H,6H2,(H,16,18). The summed E-state index contributed by atoms with van der Waals surface area (Å²) in [6, 6.07) is 7.88. The van der Waals surface area contributed by atoms with Gasteiger partial charge >= 0.3 is 0 Å². The van der Waals surface area contributed by atoms with E-state index in [2.05, 4.69) is 10.3 Å². The van der Waals surface area contributed by atoms with Crippen LogP contribution in [-0.2, 0) is 11.3 Å². The van der Waals surface area contributed by atoms with Crippen LogP contribution in [-0.4, -0.2) is 15.5 Å². The minimum atomic E-state index is -0.388. The highest BCUT2D eigenvalue weighted by Crippen LogP contribution is 2.14. The summed E-state index contributed by atoms with van der Waals surface area (Å²) in [6.45, 7) is -0.143. The molecule has 1 amide bonds. The van der Waals surface area contributed by atoms with E-state index in [0.29, 0.717) is 10.7 Å². The zero-order chi connectivity index (χ0) is 13.8. The van der Waals surface area contributed by atoms with Gasteiger partial charge in [-0.2, -0.15) is 0 Å². The predicted molar refractivity (Wildman–Crippen MR) is 73.6 cm³/mol. The summed E-state index contributed by atoms with van der Waals surface area (Å²) in [5.41, 5.74) is 0.175. The number of carbonyl (C=O) groups is 1. The number of hydrogen-bond acceptors (Lipinski definition) is 3. The second-order valence-corrected chi connectivity index (χ2v) is 4.56. The van der Waals surface area contributed by atoms with Crippen molar-refractivity contribution >= 4 is 34.8 Å². The monoisotopic (exact) mass is 297 g/mol. The molecule has 2 aromatic rings. The predicted octanol–water partition coefficient (Wildman–Crippen LogP) is 2.19. The van der Waals surface area contributed by atoms with Crippen molar-refractivity contribution in [3.63, 3.8) is 0 Å². The molecule has 0 saturated carbocycles. The summed E-state index contributed by atoms with van der Waals surface area (Å²) >= 11 is 11.4. The fourth-order valence-corrected chi connectivity index (χ4v) is 1.77. The van der Waals surface area contributed by atoms with Crippen LogP contribution < -0.4 is 10.9 Å². The van der Waals surface area contributed by atoms with E-state index in [1.165, 1.54) is 6.33 Å². The van der Waals surface area contributed by atoms with Gasteiger partial charge in [-0.05, 0) is 18.2 Å².